The van der Waals surface area contributed by atoms with Crippen LogP contribution in [0.2, 0.25) is 0 Å². The van der Waals surface area contributed by atoms with E-state index in [0.29, 0.717) is 17.2 Å². The van der Waals surface area contributed by atoms with Crippen LogP contribution in [0.1, 0.15) is 25.9 Å². The third-order valence-corrected chi connectivity index (χ3v) is 5.53. The van der Waals surface area contributed by atoms with Crippen molar-refractivity contribution in [3.05, 3.63) is 74.1 Å². The standard InChI is InChI=1S/C20H19BrN4O3S/c1-13-6-8-15(9-7-13)23-19(27)20-25-24-18(29-20)12-28-11-17(26)22-10-14-4-2-3-5-16(14)21/h2-9H,10-12H2,1H3,(H,22,26)(H,23,27). The van der Waals surface area contributed by atoms with Crippen LogP contribution in [0.5, 0.6) is 0 Å². The molecule has 2 amide bonds. The summed E-state index contributed by atoms with van der Waals surface area (Å²) in [5, 5.41) is 14.1. The Balaban J connectivity index is 1.41. The number of anilines is 1. The third-order valence-electron chi connectivity index (χ3n) is 3.86. The maximum absolute atomic E-state index is 12.2. The molecule has 0 saturated carbocycles. The first-order chi connectivity index (χ1) is 14.0. The number of carbonyl (C=O) groups is 2. The molecule has 29 heavy (non-hydrogen) atoms. The summed E-state index contributed by atoms with van der Waals surface area (Å²) in [5.74, 6) is -0.564. The van der Waals surface area contributed by atoms with E-state index >= 15 is 0 Å². The average Bonchev–Trinajstić information content (AvgIpc) is 3.18. The third kappa shape index (κ3) is 6.45. The minimum absolute atomic E-state index is 0.102. The highest BCUT2D eigenvalue weighted by atomic mass is 79.9. The molecule has 0 bridgehead atoms. The summed E-state index contributed by atoms with van der Waals surface area (Å²) in [6, 6.07) is 15.1. The van der Waals surface area contributed by atoms with Crippen molar-refractivity contribution in [2.75, 3.05) is 11.9 Å². The van der Waals surface area contributed by atoms with Crippen LogP contribution >= 0.6 is 27.3 Å². The van der Waals surface area contributed by atoms with Crippen molar-refractivity contribution in [1.29, 1.82) is 0 Å². The van der Waals surface area contributed by atoms with Gasteiger partial charge in [-0.15, -0.1) is 10.2 Å². The largest absolute Gasteiger partial charge is 0.364 e. The quantitative estimate of drug-likeness (QED) is 0.519. The van der Waals surface area contributed by atoms with Gasteiger partial charge in [0.2, 0.25) is 10.9 Å². The number of hydrogen-bond donors (Lipinski definition) is 2. The molecule has 150 valence electrons. The van der Waals surface area contributed by atoms with Crippen LogP contribution in [-0.4, -0.2) is 28.6 Å². The Morgan fingerprint density at radius 3 is 2.62 bits per heavy atom. The van der Waals surface area contributed by atoms with E-state index in [1.165, 1.54) is 0 Å². The molecule has 0 aliphatic heterocycles. The molecule has 0 saturated heterocycles. The molecule has 3 aromatic rings. The summed E-state index contributed by atoms with van der Waals surface area (Å²) >= 11 is 4.57. The first kappa shape index (κ1) is 21.1. The molecule has 7 nitrogen and oxygen atoms in total. The highest BCUT2D eigenvalue weighted by Crippen LogP contribution is 2.16. The van der Waals surface area contributed by atoms with E-state index < -0.39 is 0 Å². The van der Waals surface area contributed by atoms with Crippen LogP contribution in [0, 0.1) is 6.92 Å². The monoisotopic (exact) mass is 474 g/mol. The smallest absolute Gasteiger partial charge is 0.286 e. The molecule has 0 aliphatic rings. The Kier molecular flexibility index (Phi) is 7.45. The second-order valence-electron chi connectivity index (χ2n) is 6.18. The molecule has 0 fully saturated rings. The van der Waals surface area contributed by atoms with Crippen LogP contribution in [-0.2, 0) is 22.7 Å². The first-order valence-corrected chi connectivity index (χ1v) is 10.4. The van der Waals surface area contributed by atoms with Gasteiger partial charge in [-0.3, -0.25) is 9.59 Å². The highest BCUT2D eigenvalue weighted by Gasteiger charge is 2.13. The van der Waals surface area contributed by atoms with Gasteiger partial charge in [-0.1, -0.05) is 63.2 Å². The summed E-state index contributed by atoms with van der Waals surface area (Å²) in [6.07, 6.45) is 0. The summed E-state index contributed by atoms with van der Waals surface area (Å²) in [7, 11) is 0. The van der Waals surface area contributed by atoms with Gasteiger partial charge in [-0.2, -0.15) is 0 Å². The van der Waals surface area contributed by atoms with Crippen molar-refractivity contribution in [2.24, 2.45) is 0 Å². The summed E-state index contributed by atoms with van der Waals surface area (Å²) in [5.41, 5.74) is 2.78. The number of aromatic nitrogens is 2. The lowest BCUT2D eigenvalue weighted by atomic mass is 10.2. The Hall–Kier alpha value is -2.62. The zero-order valence-corrected chi connectivity index (χ0v) is 18.0. The van der Waals surface area contributed by atoms with E-state index in [-0.39, 0.29) is 30.0 Å². The molecule has 9 heteroatoms. The first-order valence-electron chi connectivity index (χ1n) is 8.79. The maximum Gasteiger partial charge on any atom is 0.286 e. The van der Waals surface area contributed by atoms with Gasteiger partial charge in [0.1, 0.15) is 18.2 Å². The summed E-state index contributed by atoms with van der Waals surface area (Å²) in [6.45, 7) is 2.39. The van der Waals surface area contributed by atoms with Crippen LogP contribution in [0.3, 0.4) is 0 Å². The number of benzene rings is 2. The molecule has 0 unspecified atom stereocenters. The van der Waals surface area contributed by atoms with Crippen LogP contribution < -0.4 is 10.6 Å². The fraction of sp³-hybridized carbons (Fsp3) is 0.200. The number of halogens is 1. The van der Waals surface area contributed by atoms with E-state index in [9.17, 15) is 9.59 Å². The number of ether oxygens (including phenoxy) is 1. The molecule has 0 aliphatic carbocycles. The fourth-order valence-corrected chi connectivity index (χ4v) is 3.44. The lowest BCUT2D eigenvalue weighted by Gasteiger charge is -2.07. The van der Waals surface area contributed by atoms with Crippen LogP contribution in [0.25, 0.3) is 0 Å². The zero-order chi connectivity index (χ0) is 20.6. The van der Waals surface area contributed by atoms with Crippen molar-refractivity contribution in [1.82, 2.24) is 15.5 Å². The van der Waals surface area contributed by atoms with Crippen molar-refractivity contribution in [3.8, 4) is 0 Å². The van der Waals surface area contributed by atoms with Crippen molar-refractivity contribution < 1.29 is 14.3 Å². The van der Waals surface area contributed by atoms with Crippen molar-refractivity contribution >= 4 is 44.8 Å². The second kappa shape index (κ2) is 10.2. The number of nitrogens with zero attached hydrogens (tertiary/aromatic N) is 2. The van der Waals surface area contributed by atoms with Gasteiger partial charge in [0, 0.05) is 16.7 Å². The van der Waals surface area contributed by atoms with E-state index in [1.54, 1.807) is 0 Å². The van der Waals surface area contributed by atoms with E-state index in [1.807, 2.05) is 55.5 Å². The average molecular weight is 475 g/mol. The highest BCUT2D eigenvalue weighted by molar-refractivity contribution is 9.10. The predicted octanol–water partition coefficient (Wildman–Crippen LogP) is 3.69. The van der Waals surface area contributed by atoms with E-state index in [0.717, 1.165) is 26.9 Å². The molecule has 0 spiro atoms. The molecule has 2 N–H and O–H groups in total. The van der Waals surface area contributed by atoms with Gasteiger partial charge in [0.05, 0.1) is 0 Å². The molecular weight excluding hydrogens is 456 g/mol. The van der Waals surface area contributed by atoms with Crippen LogP contribution in [0.4, 0.5) is 5.69 Å². The number of nitrogens with one attached hydrogen (secondary N) is 2. The Labute approximate surface area is 180 Å². The summed E-state index contributed by atoms with van der Waals surface area (Å²) in [4.78, 5) is 24.1. The normalized spacial score (nSPS) is 10.6. The minimum Gasteiger partial charge on any atom is -0.364 e. The number of hydrogen-bond acceptors (Lipinski definition) is 6. The van der Waals surface area contributed by atoms with Gasteiger partial charge in [0.25, 0.3) is 5.91 Å². The molecular formula is C20H19BrN4O3S. The molecule has 0 radical (unpaired) electrons. The summed E-state index contributed by atoms with van der Waals surface area (Å²) < 4.78 is 6.31. The minimum atomic E-state index is -0.330. The number of amides is 2. The van der Waals surface area contributed by atoms with Gasteiger partial charge >= 0.3 is 0 Å². The number of aryl methyl sites for hydroxylation is 1. The van der Waals surface area contributed by atoms with Gasteiger partial charge in [0.15, 0.2) is 0 Å². The molecule has 3 rings (SSSR count). The maximum atomic E-state index is 12.2. The molecule has 2 aromatic carbocycles. The molecule has 1 aromatic heterocycles. The molecule has 1 heterocycles. The Bertz CT molecular complexity index is 991. The second-order valence-corrected chi connectivity index (χ2v) is 8.10. The predicted molar refractivity (Wildman–Crippen MR) is 115 cm³/mol. The SMILES string of the molecule is Cc1ccc(NC(=O)c2nnc(COCC(=O)NCc3ccccc3Br)s2)cc1. The van der Waals surface area contributed by atoms with Crippen molar-refractivity contribution in [3.63, 3.8) is 0 Å². The van der Waals surface area contributed by atoms with Crippen LogP contribution in [0.15, 0.2) is 53.0 Å². The zero-order valence-electron chi connectivity index (χ0n) is 15.6. The van der Waals surface area contributed by atoms with Gasteiger partial charge < -0.3 is 15.4 Å². The number of rotatable bonds is 8. The van der Waals surface area contributed by atoms with Crippen molar-refractivity contribution in [2.45, 2.75) is 20.1 Å². The lowest BCUT2D eigenvalue weighted by molar-refractivity contribution is -0.126. The topological polar surface area (TPSA) is 93.2 Å². The van der Waals surface area contributed by atoms with Gasteiger partial charge in [-0.05, 0) is 30.7 Å². The Morgan fingerprint density at radius 2 is 1.86 bits per heavy atom. The van der Waals surface area contributed by atoms with Gasteiger partial charge in [-0.25, -0.2) is 0 Å². The fourth-order valence-electron chi connectivity index (χ4n) is 2.34. The van der Waals surface area contributed by atoms with E-state index in [4.69, 9.17) is 4.74 Å². The number of carbonyl (C=O) groups excluding carboxylic acids is 2. The Morgan fingerprint density at radius 1 is 1.10 bits per heavy atom. The molecule has 0 atom stereocenters. The van der Waals surface area contributed by atoms with E-state index in [2.05, 4.69) is 36.8 Å². The lowest BCUT2D eigenvalue weighted by Crippen LogP contribution is -2.27.